The first-order valence-electron chi connectivity index (χ1n) is 10.7. The molecule has 0 saturated heterocycles. The van der Waals surface area contributed by atoms with E-state index in [1.54, 1.807) is 30.9 Å². The Balaban J connectivity index is 1.29. The average Bonchev–Trinajstić information content (AvgIpc) is 3.41. The van der Waals surface area contributed by atoms with E-state index in [0.717, 1.165) is 28.3 Å². The lowest BCUT2D eigenvalue weighted by molar-refractivity contribution is -0.116. The van der Waals surface area contributed by atoms with Crippen LogP contribution in [-0.2, 0) is 11.3 Å². The molecule has 1 amide bonds. The predicted octanol–water partition coefficient (Wildman–Crippen LogP) is 3.23. The van der Waals surface area contributed by atoms with Crippen molar-refractivity contribution in [1.82, 2.24) is 34.8 Å². The molecule has 0 bridgehead atoms. The molecule has 1 aliphatic rings. The third-order valence-corrected chi connectivity index (χ3v) is 5.35. The Labute approximate surface area is 185 Å². The van der Waals surface area contributed by atoms with Gasteiger partial charge in [-0.25, -0.2) is 4.68 Å². The molecule has 1 aliphatic carbocycles. The highest BCUT2D eigenvalue weighted by Gasteiger charge is 2.28. The summed E-state index contributed by atoms with van der Waals surface area (Å²) in [5, 5.41) is 15.9. The maximum atomic E-state index is 12.4. The van der Waals surface area contributed by atoms with E-state index in [1.165, 1.54) is 12.8 Å². The van der Waals surface area contributed by atoms with Gasteiger partial charge in [0, 0.05) is 54.8 Å². The summed E-state index contributed by atoms with van der Waals surface area (Å²) in [6.07, 6.45) is 12.8. The van der Waals surface area contributed by atoms with Gasteiger partial charge in [-0.05, 0) is 43.2 Å². The quantitative estimate of drug-likeness (QED) is 0.438. The van der Waals surface area contributed by atoms with Crippen LogP contribution in [0.25, 0.3) is 23.0 Å². The number of nitrogens with zero attached hydrogens (tertiary/aromatic N) is 6. The summed E-state index contributed by atoms with van der Waals surface area (Å²) in [7, 11) is 0. The molecule has 1 saturated carbocycles. The van der Waals surface area contributed by atoms with Crippen molar-refractivity contribution in [3.63, 3.8) is 0 Å². The molecule has 8 heteroatoms. The lowest BCUT2D eigenvalue weighted by Crippen LogP contribution is -2.25. The van der Waals surface area contributed by atoms with Gasteiger partial charge >= 0.3 is 0 Å². The standard InChI is InChI=1S/C24H23N7O/c32-22(26-13-14-30-17-27-28-24(30)18-8-9-18)11-10-20-16-31(21-6-2-1-3-7-21)29-23(20)19-5-4-12-25-15-19/h1-7,10-12,15-18H,8-9,13-14H2,(H,26,32)/b11-10+. The molecule has 1 fully saturated rings. The van der Waals surface area contributed by atoms with Crippen molar-refractivity contribution in [2.75, 3.05) is 6.54 Å². The minimum atomic E-state index is -0.157. The van der Waals surface area contributed by atoms with Crippen LogP contribution in [0.15, 0.2) is 73.5 Å². The molecule has 160 valence electrons. The van der Waals surface area contributed by atoms with E-state index in [-0.39, 0.29) is 5.91 Å². The smallest absolute Gasteiger partial charge is 0.244 e. The second-order valence-electron chi connectivity index (χ2n) is 7.74. The van der Waals surface area contributed by atoms with Gasteiger partial charge in [-0.2, -0.15) is 5.10 Å². The molecule has 0 atom stereocenters. The molecule has 3 heterocycles. The first kappa shape index (κ1) is 19.9. The Bertz CT molecular complexity index is 1220. The maximum absolute atomic E-state index is 12.4. The highest BCUT2D eigenvalue weighted by molar-refractivity contribution is 5.92. The third kappa shape index (κ3) is 4.49. The molecule has 0 radical (unpaired) electrons. The number of hydrogen-bond donors (Lipinski definition) is 1. The Morgan fingerprint density at radius 3 is 2.81 bits per heavy atom. The number of aromatic nitrogens is 6. The van der Waals surface area contributed by atoms with E-state index >= 15 is 0 Å². The van der Waals surface area contributed by atoms with E-state index in [0.29, 0.717) is 19.0 Å². The normalized spacial score (nSPS) is 13.5. The Kier molecular flexibility index (Phi) is 5.57. The van der Waals surface area contributed by atoms with E-state index < -0.39 is 0 Å². The second kappa shape index (κ2) is 8.97. The van der Waals surface area contributed by atoms with Gasteiger partial charge in [-0.15, -0.1) is 10.2 Å². The van der Waals surface area contributed by atoms with Gasteiger partial charge in [0.25, 0.3) is 0 Å². The van der Waals surface area contributed by atoms with Crippen molar-refractivity contribution in [2.24, 2.45) is 0 Å². The highest BCUT2D eigenvalue weighted by atomic mass is 16.1. The molecule has 0 aliphatic heterocycles. The van der Waals surface area contributed by atoms with Crippen molar-refractivity contribution < 1.29 is 4.79 Å². The topological polar surface area (TPSA) is 90.5 Å². The first-order valence-corrected chi connectivity index (χ1v) is 10.7. The number of amides is 1. The summed E-state index contributed by atoms with van der Waals surface area (Å²) < 4.78 is 3.83. The van der Waals surface area contributed by atoms with Crippen molar-refractivity contribution in [3.8, 4) is 16.9 Å². The number of hydrogen-bond acceptors (Lipinski definition) is 5. The van der Waals surface area contributed by atoms with Crippen LogP contribution >= 0.6 is 0 Å². The fraction of sp³-hybridized carbons (Fsp3) is 0.208. The molecule has 32 heavy (non-hydrogen) atoms. The minimum Gasteiger partial charge on any atom is -0.351 e. The lowest BCUT2D eigenvalue weighted by atomic mass is 10.1. The van der Waals surface area contributed by atoms with E-state index in [1.807, 2.05) is 57.9 Å². The average molecular weight is 425 g/mol. The number of benzene rings is 1. The van der Waals surface area contributed by atoms with Gasteiger partial charge in [-0.1, -0.05) is 18.2 Å². The van der Waals surface area contributed by atoms with Gasteiger partial charge in [0.05, 0.1) is 5.69 Å². The summed E-state index contributed by atoms with van der Waals surface area (Å²) in [6, 6.07) is 13.7. The molecule has 3 aromatic heterocycles. The zero-order valence-electron chi connectivity index (χ0n) is 17.5. The van der Waals surface area contributed by atoms with Crippen LogP contribution in [-0.4, -0.2) is 42.0 Å². The van der Waals surface area contributed by atoms with Gasteiger partial charge in [-0.3, -0.25) is 9.78 Å². The van der Waals surface area contributed by atoms with Crippen molar-refractivity contribution in [2.45, 2.75) is 25.3 Å². The van der Waals surface area contributed by atoms with Gasteiger partial charge in [0.1, 0.15) is 17.8 Å². The number of rotatable bonds is 8. The van der Waals surface area contributed by atoms with Gasteiger partial charge in [0.15, 0.2) is 0 Å². The number of carbonyl (C=O) groups is 1. The third-order valence-electron chi connectivity index (χ3n) is 5.35. The molecular formula is C24H23N7O. The highest BCUT2D eigenvalue weighted by Crippen LogP contribution is 2.38. The SMILES string of the molecule is O=C(/C=C/c1cn(-c2ccccc2)nc1-c1cccnc1)NCCn1cnnc1C1CC1. The summed E-state index contributed by atoms with van der Waals surface area (Å²) in [5.74, 6) is 1.39. The first-order chi connectivity index (χ1) is 15.8. The number of carbonyl (C=O) groups excluding carboxylic acids is 1. The Morgan fingerprint density at radius 1 is 1.16 bits per heavy atom. The van der Waals surface area contributed by atoms with Crippen LogP contribution in [0, 0.1) is 0 Å². The van der Waals surface area contributed by atoms with Crippen molar-refractivity contribution >= 4 is 12.0 Å². The second-order valence-corrected chi connectivity index (χ2v) is 7.74. The molecule has 5 rings (SSSR count). The summed E-state index contributed by atoms with van der Waals surface area (Å²) >= 11 is 0. The monoisotopic (exact) mass is 425 g/mol. The lowest BCUT2D eigenvalue weighted by Gasteiger charge is -2.06. The largest absolute Gasteiger partial charge is 0.351 e. The number of para-hydroxylation sites is 1. The summed E-state index contributed by atoms with van der Waals surface area (Å²) in [4.78, 5) is 16.6. The van der Waals surface area contributed by atoms with Crippen LogP contribution in [0.2, 0.25) is 0 Å². The van der Waals surface area contributed by atoms with Crippen LogP contribution in [0.1, 0.15) is 30.1 Å². The van der Waals surface area contributed by atoms with Gasteiger partial charge < -0.3 is 9.88 Å². The molecule has 1 N–H and O–H groups in total. The zero-order valence-corrected chi connectivity index (χ0v) is 17.5. The molecule has 0 unspecified atom stereocenters. The van der Waals surface area contributed by atoms with E-state index in [4.69, 9.17) is 5.10 Å². The fourth-order valence-electron chi connectivity index (χ4n) is 3.57. The van der Waals surface area contributed by atoms with Crippen molar-refractivity contribution in [1.29, 1.82) is 0 Å². The maximum Gasteiger partial charge on any atom is 0.244 e. The van der Waals surface area contributed by atoms with Crippen molar-refractivity contribution in [3.05, 3.63) is 84.8 Å². The minimum absolute atomic E-state index is 0.157. The van der Waals surface area contributed by atoms with Gasteiger partial charge in [0.2, 0.25) is 5.91 Å². The van der Waals surface area contributed by atoms with E-state index in [9.17, 15) is 4.79 Å². The van der Waals surface area contributed by atoms with E-state index in [2.05, 4.69) is 20.5 Å². The molecule has 8 nitrogen and oxygen atoms in total. The van der Waals surface area contributed by atoms with Crippen LogP contribution in [0.4, 0.5) is 0 Å². The number of nitrogens with one attached hydrogen (secondary N) is 1. The fourth-order valence-corrected chi connectivity index (χ4v) is 3.57. The van der Waals surface area contributed by atoms with Crippen LogP contribution in [0.3, 0.4) is 0 Å². The predicted molar refractivity (Wildman–Crippen MR) is 121 cm³/mol. The van der Waals surface area contributed by atoms with Crippen LogP contribution in [0.5, 0.6) is 0 Å². The van der Waals surface area contributed by atoms with Crippen LogP contribution < -0.4 is 5.32 Å². The zero-order chi connectivity index (χ0) is 21.8. The Morgan fingerprint density at radius 2 is 2.03 bits per heavy atom. The molecular weight excluding hydrogens is 402 g/mol. The summed E-state index contributed by atoms with van der Waals surface area (Å²) in [5.41, 5.74) is 3.45. The summed E-state index contributed by atoms with van der Waals surface area (Å²) in [6.45, 7) is 1.17. The molecule has 4 aromatic rings. The number of pyridine rings is 1. The molecule has 0 spiro atoms. The molecule has 1 aromatic carbocycles. The Hall–Kier alpha value is -4.07.